The second-order valence-electron chi connectivity index (χ2n) is 7.89. The SMILES string of the molecule is C[C@@H](CNC(=O)C1CCN(Cc2ccccc2)CC1)CN1CCCC1. The summed E-state index contributed by atoms with van der Waals surface area (Å²) in [6.45, 7) is 9.71. The number of carbonyl (C=O) groups is 1. The number of carbonyl (C=O) groups excluding carboxylic acids is 1. The highest BCUT2D eigenvalue weighted by molar-refractivity contribution is 5.78. The van der Waals surface area contributed by atoms with Gasteiger partial charge >= 0.3 is 0 Å². The molecule has 1 atom stereocenters. The fraction of sp³-hybridized carbons (Fsp3) is 0.667. The predicted octanol–water partition coefficient (Wildman–Crippen LogP) is 2.75. The zero-order valence-electron chi connectivity index (χ0n) is 15.6. The number of hydrogen-bond acceptors (Lipinski definition) is 3. The number of nitrogens with zero attached hydrogens (tertiary/aromatic N) is 2. The lowest BCUT2D eigenvalue weighted by molar-refractivity contribution is -0.126. The van der Waals surface area contributed by atoms with Crippen LogP contribution < -0.4 is 5.32 Å². The Morgan fingerprint density at radius 3 is 2.44 bits per heavy atom. The Kier molecular flexibility index (Phi) is 6.88. The van der Waals surface area contributed by atoms with Crippen molar-refractivity contribution in [2.45, 2.75) is 39.2 Å². The summed E-state index contributed by atoms with van der Waals surface area (Å²) in [7, 11) is 0. The van der Waals surface area contributed by atoms with E-state index < -0.39 is 0 Å². The van der Waals surface area contributed by atoms with E-state index in [2.05, 4.69) is 52.4 Å². The summed E-state index contributed by atoms with van der Waals surface area (Å²) in [6.07, 6.45) is 4.64. The molecule has 3 rings (SSSR count). The molecule has 2 aliphatic heterocycles. The Morgan fingerprint density at radius 1 is 1.08 bits per heavy atom. The van der Waals surface area contributed by atoms with Crippen LogP contribution in [-0.4, -0.2) is 55.0 Å². The van der Waals surface area contributed by atoms with Crippen LogP contribution in [0.5, 0.6) is 0 Å². The van der Waals surface area contributed by atoms with E-state index in [-0.39, 0.29) is 11.8 Å². The molecule has 1 amide bonds. The maximum atomic E-state index is 12.5. The molecule has 1 aromatic rings. The van der Waals surface area contributed by atoms with Gasteiger partial charge in [0.2, 0.25) is 5.91 Å². The maximum absolute atomic E-state index is 12.5. The van der Waals surface area contributed by atoms with E-state index in [9.17, 15) is 4.79 Å². The van der Waals surface area contributed by atoms with E-state index in [4.69, 9.17) is 0 Å². The minimum Gasteiger partial charge on any atom is -0.356 e. The number of rotatable bonds is 7. The molecule has 1 N–H and O–H groups in total. The molecular formula is C21H33N3O. The average Bonchev–Trinajstić information content (AvgIpc) is 3.14. The molecule has 2 heterocycles. The molecule has 2 saturated heterocycles. The minimum atomic E-state index is 0.200. The number of likely N-dealkylation sites (tertiary alicyclic amines) is 2. The smallest absolute Gasteiger partial charge is 0.223 e. The van der Waals surface area contributed by atoms with Crippen LogP contribution in [0.3, 0.4) is 0 Å². The summed E-state index contributed by atoms with van der Waals surface area (Å²) in [6, 6.07) is 10.6. The number of amides is 1. The number of nitrogens with one attached hydrogen (secondary N) is 1. The Hall–Kier alpha value is -1.39. The normalized spacial score (nSPS) is 21.3. The quantitative estimate of drug-likeness (QED) is 0.827. The third kappa shape index (κ3) is 5.82. The van der Waals surface area contributed by atoms with Gasteiger partial charge in [0.05, 0.1) is 0 Å². The van der Waals surface area contributed by atoms with Gasteiger partial charge in [0, 0.05) is 25.6 Å². The average molecular weight is 344 g/mol. The van der Waals surface area contributed by atoms with Crippen molar-refractivity contribution in [1.82, 2.24) is 15.1 Å². The largest absolute Gasteiger partial charge is 0.356 e. The van der Waals surface area contributed by atoms with Crippen LogP contribution in [0.1, 0.15) is 38.2 Å². The van der Waals surface area contributed by atoms with E-state index in [1.54, 1.807) is 0 Å². The van der Waals surface area contributed by atoms with E-state index in [0.29, 0.717) is 5.92 Å². The van der Waals surface area contributed by atoms with E-state index in [1.807, 2.05) is 0 Å². The van der Waals surface area contributed by atoms with Crippen LogP contribution in [0, 0.1) is 11.8 Å². The second kappa shape index (κ2) is 9.35. The van der Waals surface area contributed by atoms with Gasteiger partial charge in [-0.25, -0.2) is 0 Å². The monoisotopic (exact) mass is 343 g/mol. The number of hydrogen-bond donors (Lipinski definition) is 1. The lowest BCUT2D eigenvalue weighted by atomic mass is 9.95. The highest BCUT2D eigenvalue weighted by Crippen LogP contribution is 2.19. The maximum Gasteiger partial charge on any atom is 0.223 e. The molecule has 25 heavy (non-hydrogen) atoms. The summed E-state index contributed by atoms with van der Waals surface area (Å²) in [4.78, 5) is 17.5. The highest BCUT2D eigenvalue weighted by atomic mass is 16.1. The Labute approximate surface area is 152 Å². The molecule has 2 fully saturated rings. The van der Waals surface area contributed by atoms with Crippen LogP contribution in [0.15, 0.2) is 30.3 Å². The Morgan fingerprint density at radius 2 is 1.76 bits per heavy atom. The number of benzene rings is 1. The fourth-order valence-corrected chi connectivity index (χ4v) is 4.08. The standard InChI is InChI=1S/C21H33N3O/c1-18(16-23-11-5-6-12-23)15-22-21(25)20-9-13-24(14-10-20)17-19-7-3-2-4-8-19/h2-4,7-8,18,20H,5-6,9-17H2,1H3,(H,22,25)/t18-/m0/s1. The molecule has 1 aromatic carbocycles. The molecule has 0 aromatic heterocycles. The van der Waals surface area contributed by atoms with Gasteiger partial charge < -0.3 is 10.2 Å². The van der Waals surface area contributed by atoms with Crippen LogP contribution in [0.2, 0.25) is 0 Å². The fourth-order valence-electron chi connectivity index (χ4n) is 4.08. The van der Waals surface area contributed by atoms with Crippen LogP contribution in [0.25, 0.3) is 0 Å². The van der Waals surface area contributed by atoms with Crippen LogP contribution >= 0.6 is 0 Å². The van der Waals surface area contributed by atoms with Gasteiger partial charge in [0.1, 0.15) is 0 Å². The summed E-state index contributed by atoms with van der Waals surface area (Å²) < 4.78 is 0. The molecule has 0 radical (unpaired) electrons. The van der Waals surface area contributed by atoms with Crippen molar-refractivity contribution in [2.75, 3.05) is 39.3 Å². The third-order valence-electron chi connectivity index (χ3n) is 5.60. The molecule has 138 valence electrons. The van der Waals surface area contributed by atoms with E-state index >= 15 is 0 Å². The van der Waals surface area contributed by atoms with E-state index in [0.717, 1.165) is 45.6 Å². The Bertz CT molecular complexity index is 519. The lowest BCUT2D eigenvalue weighted by Gasteiger charge is -2.31. The molecule has 0 unspecified atom stereocenters. The van der Waals surface area contributed by atoms with Crippen molar-refractivity contribution in [3.8, 4) is 0 Å². The van der Waals surface area contributed by atoms with Gasteiger partial charge in [0.15, 0.2) is 0 Å². The molecular weight excluding hydrogens is 310 g/mol. The van der Waals surface area contributed by atoms with Gasteiger partial charge in [-0.3, -0.25) is 9.69 Å². The molecule has 2 aliphatic rings. The highest BCUT2D eigenvalue weighted by Gasteiger charge is 2.25. The van der Waals surface area contributed by atoms with Gasteiger partial charge in [-0.2, -0.15) is 0 Å². The van der Waals surface area contributed by atoms with Crippen molar-refractivity contribution in [3.63, 3.8) is 0 Å². The molecule has 0 bridgehead atoms. The predicted molar refractivity (Wildman–Crippen MR) is 102 cm³/mol. The first-order chi connectivity index (χ1) is 12.2. The zero-order valence-corrected chi connectivity index (χ0v) is 15.6. The number of piperidine rings is 1. The van der Waals surface area contributed by atoms with Crippen molar-refractivity contribution in [2.24, 2.45) is 11.8 Å². The first kappa shape index (κ1) is 18.4. The van der Waals surface area contributed by atoms with Crippen molar-refractivity contribution >= 4 is 5.91 Å². The summed E-state index contributed by atoms with van der Waals surface area (Å²) in [5.74, 6) is 1.01. The van der Waals surface area contributed by atoms with Crippen LogP contribution in [-0.2, 0) is 11.3 Å². The van der Waals surface area contributed by atoms with Crippen molar-refractivity contribution in [3.05, 3.63) is 35.9 Å². The van der Waals surface area contributed by atoms with Gasteiger partial charge in [0.25, 0.3) is 0 Å². The van der Waals surface area contributed by atoms with Crippen molar-refractivity contribution in [1.29, 1.82) is 0 Å². The van der Waals surface area contributed by atoms with Crippen molar-refractivity contribution < 1.29 is 4.79 Å². The first-order valence-corrected chi connectivity index (χ1v) is 9.97. The van der Waals surface area contributed by atoms with E-state index in [1.165, 1.54) is 31.5 Å². The zero-order chi connectivity index (χ0) is 17.5. The second-order valence-corrected chi connectivity index (χ2v) is 7.89. The lowest BCUT2D eigenvalue weighted by Crippen LogP contribution is -2.42. The van der Waals surface area contributed by atoms with Gasteiger partial charge in [-0.15, -0.1) is 0 Å². The molecule has 0 aliphatic carbocycles. The third-order valence-corrected chi connectivity index (χ3v) is 5.60. The minimum absolute atomic E-state index is 0.200. The topological polar surface area (TPSA) is 35.6 Å². The first-order valence-electron chi connectivity index (χ1n) is 9.97. The summed E-state index contributed by atoms with van der Waals surface area (Å²) in [5, 5.41) is 3.21. The molecule has 0 saturated carbocycles. The van der Waals surface area contributed by atoms with Gasteiger partial charge in [-0.05, 0) is 63.3 Å². The summed E-state index contributed by atoms with van der Waals surface area (Å²) in [5.41, 5.74) is 1.36. The Balaban J connectivity index is 1.33. The molecule has 0 spiro atoms. The van der Waals surface area contributed by atoms with Gasteiger partial charge in [-0.1, -0.05) is 37.3 Å². The molecule has 4 heteroatoms. The summed E-state index contributed by atoms with van der Waals surface area (Å²) >= 11 is 0. The van der Waals surface area contributed by atoms with Crippen LogP contribution in [0.4, 0.5) is 0 Å². The molecule has 4 nitrogen and oxygen atoms in total.